The van der Waals surface area contributed by atoms with E-state index >= 15 is 0 Å². The van der Waals surface area contributed by atoms with E-state index in [0.29, 0.717) is 11.0 Å². The molecule has 0 saturated carbocycles. The van der Waals surface area contributed by atoms with Crippen LogP contribution in [0.25, 0.3) is 0 Å². The molecular weight excluding hydrogens is 278 g/mol. The Bertz CT molecular complexity index is 587. The van der Waals surface area contributed by atoms with Gasteiger partial charge >= 0.3 is 0 Å². The molecule has 0 aromatic carbocycles. The SMILES string of the molecule is CCCCc1nnc(NC(=O)c2cc(OC)ncn2)s1. The lowest BCUT2D eigenvalue weighted by molar-refractivity contribution is 0.102. The fraction of sp³-hybridized carbons (Fsp3) is 0.417. The third-order valence-electron chi connectivity index (χ3n) is 2.52. The molecule has 0 spiro atoms. The number of hydrogen-bond donors (Lipinski definition) is 1. The third-order valence-corrected chi connectivity index (χ3v) is 3.41. The van der Waals surface area contributed by atoms with Crippen LogP contribution in [0.1, 0.15) is 35.3 Å². The lowest BCUT2D eigenvalue weighted by Gasteiger charge is -2.01. The summed E-state index contributed by atoms with van der Waals surface area (Å²) >= 11 is 1.38. The molecule has 0 fully saturated rings. The number of amides is 1. The average molecular weight is 293 g/mol. The van der Waals surface area contributed by atoms with Gasteiger partial charge in [-0.15, -0.1) is 10.2 Å². The van der Waals surface area contributed by atoms with Crippen LogP contribution in [0.3, 0.4) is 0 Å². The molecule has 0 aliphatic carbocycles. The molecule has 20 heavy (non-hydrogen) atoms. The van der Waals surface area contributed by atoms with E-state index in [0.717, 1.165) is 24.3 Å². The van der Waals surface area contributed by atoms with Crippen LogP contribution in [-0.4, -0.2) is 33.2 Å². The molecule has 7 nitrogen and oxygen atoms in total. The summed E-state index contributed by atoms with van der Waals surface area (Å²) in [6.07, 6.45) is 4.32. The van der Waals surface area contributed by atoms with Crippen molar-refractivity contribution in [2.45, 2.75) is 26.2 Å². The van der Waals surface area contributed by atoms with Crippen LogP contribution in [0.15, 0.2) is 12.4 Å². The minimum Gasteiger partial charge on any atom is -0.481 e. The maximum Gasteiger partial charge on any atom is 0.276 e. The standard InChI is InChI=1S/C12H15N5O2S/c1-3-4-5-10-16-17-12(20-10)15-11(18)8-6-9(19-2)14-7-13-8/h6-7H,3-5H2,1-2H3,(H,15,17,18). The summed E-state index contributed by atoms with van der Waals surface area (Å²) in [5.41, 5.74) is 0.224. The van der Waals surface area contributed by atoms with Gasteiger partial charge in [0.05, 0.1) is 7.11 Å². The quantitative estimate of drug-likeness (QED) is 0.875. The fourth-order valence-electron chi connectivity index (χ4n) is 1.47. The molecule has 0 saturated heterocycles. The lowest BCUT2D eigenvalue weighted by atomic mass is 10.3. The number of unbranched alkanes of at least 4 members (excludes halogenated alkanes) is 1. The predicted octanol–water partition coefficient (Wildman–Crippen LogP) is 1.93. The summed E-state index contributed by atoms with van der Waals surface area (Å²) < 4.78 is 4.95. The summed E-state index contributed by atoms with van der Waals surface area (Å²) in [6.45, 7) is 2.12. The van der Waals surface area contributed by atoms with Crippen LogP contribution in [0.2, 0.25) is 0 Å². The maximum absolute atomic E-state index is 12.0. The van der Waals surface area contributed by atoms with E-state index in [9.17, 15) is 4.79 Å². The molecule has 0 aliphatic heterocycles. The number of carbonyl (C=O) groups is 1. The van der Waals surface area contributed by atoms with E-state index in [1.165, 1.54) is 30.8 Å². The highest BCUT2D eigenvalue weighted by molar-refractivity contribution is 7.15. The number of methoxy groups -OCH3 is 1. The number of ether oxygens (including phenoxy) is 1. The Morgan fingerprint density at radius 1 is 1.40 bits per heavy atom. The topological polar surface area (TPSA) is 89.9 Å². The van der Waals surface area contributed by atoms with Crippen molar-refractivity contribution >= 4 is 22.4 Å². The zero-order chi connectivity index (χ0) is 14.4. The Labute approximate surface area is 120 Å². The van der Waals surface area contributed by atoms with Crippen LogP contribution < -0.4 is 10.1 Å². The van der Waals surface area contributed by atoms with E-state index in [-0.39, 0.29) is 11.6 Å². The highest BCUT2D eigenvalue weighted by Crippen LogP contribution is 2.18. The normalized spacial score (nSPS) is 10.3. The van der Waals surface area contributed by atoms with E-state index in [1.54, 1.807) is 0 Å². The molecule has 1 amide bonds. The van der Waals surface area contributed by atoms with Crippen LogP contribution >= 0.6 is 11.3 Å². The van der Waals surface area contributed by atoms with Crippen molar-refractivity contribution in [2.24, 2.45) is 0 Å². The molecule has 2 aromatic heterocycles. The van der Waals surface area contributed by atoms with Gasteiger partial charge in [-0.1, -0.05) is 24.7 Å². The maximum atomic E-state index is 12.0. The number of anilines is 1. The molecule has 2 aromatic rings. The smallest absolute Gasteiger partial charge is 0.276 e. The number of nitrogens with zero attached hydrogens (tertiary/aromatic N) is 4. The molecule has 0 aliphatic rings. The number of hydrogen-bond acceptors (Lipinski definition) is 7. The first kappa shape index (κ1) is 14.3. The van der Waals surface area contributed by atoms with Crippen molar-refractivity contribution in [1.82, 2.24) is 20.2 Å². The second-order valence-corrected chi connectivity index (χ2v) is 5.07. The highest BCUT2D eigenvalue weighted by atomic mass is 32.1. The van der Waals surface area contributed by atoms with E-state index in [4.69, 9.17) is 4.74 Å². The van der Waals surface area contributed by atoms with Gasteiger partial charge < -0.3 is 4.74 Å². The molecule has 2 rings (SSSR count). The third kappa shape index (κ3) is 3.70. The number of nitrogens with one attached hydrogen (secondary N) is 1. The van der Waals surface area contributed by atoms with Gasteiger partial charge in [0.2, 0.25) is 11.0 Å². The van der Waals surface area contributed by atoms with E-state index < -0.39 is 0 Å². The summed E-state index contributed by atoms with van der Waals surface area (Å²) in [7, 11) is 1.48. The minimum absolute atomic E-state index is 0.224. The molecule has 0 radical (unpaired) electrons. The van der Waals surface area contributed by atoms with Gasteiger partial charge in [-0.25, -0.2) is 9.97 Å². The first-order chi connectivity index (χ1) is 9.72. The molecule has 0 unspecified atom stereocenters. The highest BCUT2D eigenvalue weighted by Gasteiger charge is 2.12. The lowest BCUT2D eigenvalue weighted by Crippen LogP contribution is -2.13. The van der Waals surface area contributed by atoms with Gasteiger partial charge in [0.15, 0.2) is 0 Å². The Balaban J connectivity index is 2.01. The van der Waals surface area contributed by atoms with Crippen molar-refractivity contribution < 1.29 is 9.53 Å². The van der Waals surface area contributed by atoms with Gasteiger partial charge in [-0.3, -0.25) is 10.1 Å². The van der Waals surface area contributed by atoms with Crippen LogP contribution in [-0.2, 0) is 6.42 Å². The summed E-state index contributed by atoms with van der Waals surface area (Å²) in [5, 5.41) is 12.0. The first-order valence-corrected chi connectivity index (χ1v) is 7.04. The van der Waals surface area contributed by atoms with Crippen LogP contribution in [0, 0.1) is 0 Å². The minimum atomic E-state index is -0.358. The molecule has 0 atom stereocenters. The van der Waals surface area contributed by atoms with E-state index in [1.807, 2.05) is 0 Å². The average Bonchev–Trinajstić information content (AvgIpc) is 2.92. The molecule has 106 valence electrons. The second kappa shape index (κ2) is 6.90. The number of aromatic nitrogens is 4. The van der Waals surface area contributed by atoms with Gasteiger partial charge in [-0.2, -0.15) is 0 Å². The van der Waals surface area contributed by atoms with Crippen LogP contribution in [0.4, 0.5) is 5.13 Å². The Morgan fingerprint density at radius 2 is 2.25 bits per heavy atom. The number of aryl methyl sites for hydroxylation is 1. The number of carbonyl (C=O) groups excluding carboxylic acids is 1. The summed E-state index contributed by atoms with van der Waals surface area (Å²) in [6, 6.07) is 1.47. The van der Waals surface area contributed by atoms with Crippen molar-refractivity contribution in [2.75, 3.05) is 12.4 Å². The van der Waals surface area contributed by atoms with Gasteiger partial charge in [0, 0.05) is 12.5 Å². The Morgan fingerprint density at radius 3 is 3.00 bits per heavy atom. The number of rotatable bonds is 6. The summed E-state index contributed by atoms with van der Waals surface area (Å²) in [5.74, 6) is -0.0186. The molecule has 8 heteroatoms. The van der Waals surface area contributed by atoms with E-state index in [2.05, 4.69) is 32.4 Å². The van der Waals surface area contributed by atoms with Crippen LogP contribution in [0.5, 0.6) is 5.88 Å². The largest absolute Gasteiger partial charge is 0.481 e. The van der Waals surface area contributed by atoms with Gasteiger partial charge in [0.1, 0.15) is 17.0 Å². The Hall–Kier alpha value is -2.09. The first-order valence-electron chi connectivity index (χ1n) is 6.22. The molecular formula is C12H15N5O2S. The summed E-state index contributed by atoms with van der Waals surface area (Å²) in [4.78, 5) is 19.7. The molecule has 0 bridgehead atoms. The molecule has 1 N–H and O–H groups in total. The zero-order valence-corrected chi connectivity index (χ0v) is 12.1. The predicted molar refractivity (Wildman–Crippen MR) is 75.1 cm³/mol. The van der Waals surface area contributed by atoms with Crippen molar-refractivity contribution in [1.29, 1.82) is 0 Å². The van der Waals surface area contributed by atoms with Crippen molar-refractivity contribution in [3.63, 3.8) is 0 Å². The van der Waals surface area contributed by atoms with Crippen molar-refractivity contribution in [3.05, 3.63) is 23.1 Å². The monoisotopic (exact) mass is 293 g/mol. The van der Waals surface area contributed by atoms with Gasteiger partial charge in [0.25, 0.3) is 5.91 Å². The second-order valence-electron chi connectivity index (χ2n) is 4.00. The Kier molecular flexibility index (Phi) is 4.94. The molecule has 2 heterocycles. The zero-order valence-electron chi connectivity index (χ0n) is 11.3. The fourth-order valence-corrected chi connectivity index (χ4v) is 2.25. The van der Waals surface area contributed by atoms with Gasteiger partial charge in [-0.05, 0) is 6.42 Å². The van der Waals surface area contributed by atoms with Crippen molar-refractivity contribution in [3.8, 4) is 5.88 Å².